The summed E-state index contributed by atoms with van der Waals surface area (Å²) in [7, 11) is 1.55. The number of hydrogen-bond acceptors (Lipinski definition) is 4. The molecule has 0 heterocycles. The number of benzene rings is 5. The SMILES string of the molecule is CN(CC(=O)OC(c1ccccc1)(c1ccc(C2=CC3CC34CC=C2C4)cc1)c1ccccc1Cl)C(=O)OCC1c2ccccc2-c2ccccc21. The summed E-state index contributed by atoms with van der Waals surface area (Å²) in [5.41, 5.74) is 9.67. The number of carbonyl (C=O) groups excluding carboxylic acids is 2. The molecule has 5 aromatic rings. The van der Waals surface area contributed by atoms with Crippen LogP contribution in [-0.4, -0.2) is 37.2 Å². The third-order valence-electron chi connectivity index (χ3n) is 11.6. The normalized spacial score (nSPS) is 20.4. The number of esters is 1. The van der Waals surface area contributed by atoms with Gasteiger partial charge in [-0.2, -0.15) is 0 Å². The van der Waals surface area contributed by atoms with Gasteiger partial charge in [-0.3, -0.25) is 4.79 Å². The van der Waals surface area contributed by atoms with Crippen LogP contribution < -0.4 is 0 Å². The molecule has 5 nitrogen and oxygen atoms in total. The fraction of sp³-hybridized carbons (Fsp3) is 0.217. The van der Waals surface area contributed by atoms with E-state index in [1.807, 2.05) is 84.9 Å². The summed E-state index contributed by atoms with van der Waals surface area (Å²) >= 11 is 6.95. The van der Waals surface area contributed by atoms with Gasteiger partial charge in [0.25, 0.3) is 0 Å². The maximum Gasteiger partial charge on any atom is 0.410 e. The van der Waals surface area contributed by atoms with Crippen molar-refractivity contribution in [2.75, 3.05) is 20.2 Å². The lowest BCUT2D eigenvalue weighted by Crippen LogP contribution is -2.40. The molecule has 0 aliphatic heterocycles. The minimum Gasteiger partial charge on any atom is -0.448 e. The lowest BCUT2D eigenvalue weighted by Gasteiger charge is -2.36. The molecule has 3 unspecified atom stereocenters. The minimum absolute atomic E-state index is 0.0909. The highest BCUT2D eigenvalue weighted by Crippen LogP contribution is 2.68. The van der Waals surface area contributed by atoms with Crippen LogP contribution in [0.25, 0.3) is 16.7 Å². The van der Waals surface area contributed by atoms with E-state index in [1.165, 1.54) is 28.9 Å². The van der Waals surface area contributed by atoms with Crippen LogP contribution in [0.3, 0.4) is 0 Å². The molecule has 0 radical (unpaired) electrons. The summed E-state index contributed by atoms with van der Waals surface area (Å²) in [6.45, 7) is -0.167. The van der Waals surface area contributed by atoms with Crippen LogP contribution in [-0.2, 0) is 19.9 Å². The van der Waals surface area contributed by atoms with Crippen LogP contribution in [0.2, 0.25) is 5.02 Å². The van der Waals surface area contributed by atoms with Gasteiger partial charge < -0.3 is 14.4 Å². The number of likely N-dealkylation sites (N-methyl/N-ethyl adjacent to an activating group) is 1. The zero-order valence-electron chi connectivity index (χ0n) is 28.9. The van der Waals surface area contributed by atoms with Crippen molar-refractivity contribution in [3.05, 3.63) is 184 Å². The first-order chi connectivity index (χ1) is 25.4. The van der Waals surface area contributed by atoms with Gasteiger partial charge in [0.05, 0.1) is 0 Å². The van der Waals surface area contributed by atoms with Crippen molar-refractivity contribution in [3.63, 3.8) is 0 Å². The maximum absolute atomic E-state index is 14.1. The number of amides is 1. The number of halogens is 1. The predicted octanol–water partition coefficient (Wildman–Crippen LogP) is 10.2. The van der Waals surface area contributed by atoms with Crippen molar-refractivity contribution >= 4 is 29.2 Å². The zero-order chi connectivity index (χ0) is 35.5. The highest BCUT2D eigenvalue weighted by molar-refractivity contribution is 6.31. The molecule has 0 aromatic heterocycles. The van der Waals surface area contributed by atoms with Crippen LogP contribution in [0.4, 0.5) is 4.79 Å². The van der Waals surface area contributed by atoms with Crippen molar-refractivity contribution in [3.8, 4) is 11.1 Å². The number of hydrogen-bond donors (Lipinski definition) is 0. The molecular weight excluding hydrogens is 666 g/mol. The lowest BCUT2D eigenvalue weighted by molar-refractivity contribution is -0.154. The topological polar surface area (TPSA) is 55.8 Å². The second-order valence-corrected chi connectivity index (χ2v) is 15.0. The smallest absolute Gasteiger partial charge is 0.410 e. The Balaban J connectivity index is 0.995. The average molecular weight is 704 g/mol. The molecule has 1 amide bonds. The van der Waals surface area contributed by atoms with Gasteiger partial charge in [-0.15, -0.1) is 0 Å². The minimum atomic E-state index is -1.39. The van der Waals surface area contributed by atoms with Gasteiger partial charge in [0.15, 0.2) is 5.60 Å². The summed E-state index contributed by atoms with van der Waals surface area (Å²) < 4.78 is 12.5. The number of fused-ring (bicyclic) bond motifs is 4. The first-order valence-electron chi connectivity index (χ1n) is 18.0. The average Bonchev–Trinajstić information content (AvgIpc) is 3.63. The molecule has 1 fully saturated rings. The fourth-order valence-electron chi connectivity index (χ4n) is 8.82. The van der Waals surface area contributed by atoms with Crippen molar-refractivity contribution < 1.29 is 19.1 Å². The Morgan fingerprint density at radius 1 is 0.808 bits per heavy atom. The number of carbonyl (C=O) groups is 2. The van der Waals surface area contributed by atoms with Gasteiger partial charge >= 0.3 is 12.1 Å². The zero-order valence-corrected chi connectivity index (χ0v) is 29.7. The Labute approximate surface area is 309 Å². The van der Waals surface area contributed by atoms with E-state index in [0.717, 1.165) is 45.4 Å². The second kappa shape index (κ2) is 12.7. The molecular formula is C46H38ClNO4. The second-order valence-electron chi connectivity index (χ2n) is 14.6. The molecule has 5 aromatic carbocycles. The maximum atomic E-state index is 14.1. The monoisotopic (exact) mass is 703 g/mol. The van der Waals surface area contributed by atoms with Gasteiger partial charge in [0, 0.05) is 34.7 Å². The molecule has 4 aliphatic rings. The van der Waals surface area contributed by atoms with Crippen LogP contribution in [0.5, 0.6) is 0 Å². The Bertz CT molecular complexity index is 2230. The van der Waals surface area contributed by atoms with E-state index >= 15 is 0 Å². The number of nitrogens with zero attached hydrogens (tertiary/aromatic N) is 1. The van der Waals surface area contributed by atoms with Gasteiger partial charge in [0.1, 0.15) is 13.2 Å². The van der Waals surface area contributed by atoms with Crippen LogP contribution in [0.1, 0.15) is 58.6 Å². The number of rotatable bonds is 9. The summed E-state index contributed by atoms with van der Waals surface area (Å²) in [5, 5.41) is 0.462. The Morgan fingerprint density at radius 2 is 1.44 bits per heavy atom. The molecule has 2 bridgehead atoms. The first-order valence-corrected chi connectivity index (χ1v) is 18.3. The van der Waals surface area contributed by atoms with E-state index in [0.29, 0.717) is 21.9 Å². The summed E-state index contributed by atoms with van der Waals surface area (Å²) in [5.74, 6) is -0.0301. The van der Waals surface area contributed by atoms with Crippen LogP contribution >= 0.6 is 11.6 Å². The predicted molar refractivity (Wildman–Crippen MR) is 204 cm³/mol. The fourth-order valence-corrected chi connectivity index (χ4v) is 9.09. The van der Waals surface area contributed by atoms with Crippen molar-refractivity contribution in [2.24, 2.45) is 11.3 Å². The van der Waals surface area contributed by atoms with Crippen molar-refractivity contribution in [2.45, 2.75) is 30.8 Å². The van der Waals surface area contributed by atoms with Crippen LogP contribution in [0, 0.1) is 11.3 Å². The molecule has 0 saturated heterocycles. The molecule has 4 aliphatic carbocycles. The standard InChI is InChI=1S/C46H38ClNO4/c1-48(44(50)51-29-40-37-15-7-5-13-35(37)36-14-6-8-16-38(36)40)28-43(49)52-46(32-11-3-2-4-12-32,41-17-9-10-18-42(41)47)33-21-19-30(20-22-33)39-25-34-27-45(34)24-23-31(39)26-45/h2-23,25,34,40H,24,26-29H2,1H3. The van der Waals surface area contributed by atoms with Crippen LogP contribution in [0.15, 0.2) is 145 Å². The van der Waals surface area contributed by atoms with E-state index in [9.17, 15) is 9.59 Å². The van der Waals surface area contributed by atoms with Gasteiger partial charge in [-0.1, -0.05) is 145 Å². The lowest BCUT2D eigenvalue weighted by atomic mass is 9.79. The third-order valence-corrected chi connectivity index (χ3v) is 11.9. The summed E-state index contributed by atoms with van der Waals surface area (Å²) in [6, 6.07) is 41.9. The Hall–Kier alpha value is -5.39. The van der Waals surface area contributed by atoms with Gasteiger partial charge in [0.2, 0.25) is 0 Å². The Kier molecular flexibility index (Phi) is 7.93. The largest absolute Gasteiger partial charge is 0.448 e. The Morgan fingerprint density at radius 3 is 2.15 bits per heavy atom. The quantitative estimate of drug-likeness (QED) is 0.113. The highest BCUT2D eigenvalue weighted by atomic mass is 35.5. The van der Waals surface area contributed by atoms with E-state index in [1.54, 1.807) is 13.1 Å². The molecule has 9 rings (SSSR count). The molecule has 258 valence electrons. The van der Waals surface area contributed by atoms with E-state index in [2.05, 4.69) is 48.6 Å². The van der Waals surface area contributed by atoms with E-state index in [-0.39, 0.29) is 19.1 Å². The molecule has 1 spiro atoms. The summed E-state index contributed by atoms with van der Waals surface area (Å²) in [4.78, 5) is 28.8. The van der Waals surface area contributed by atoms with E-state index in [4.69, 9.17) is 21.1 Å². The van der Waals surface area contributed by atoms with Gasteiger partial charge in [-0.05, 0) is 75.6 Å². The molecule has 1 saturated carbocycles. The van der Waals surface area contributed by atoms with Crippen molar-refractivity contribution in [1.82, 2.24) is 4.90 Å². The molecule has 0 N–H and O–H groups in total. The third kappa shape index (κ3) is 5.38. The highest BCUT2D eigenvalue weighted by Gasteiger charge is 2.57. The number of allylic oxidation sites excluding steroid dienone is 4. The van der Waals surface area contributed by atoms with E-state index < -0.39 is 17.7 Å². The first kappa shape index (κ1) is 32.5. The molecule has 52 heavy (non-hydrogen) atoms. The molecule has 6 heteroatoms. The van der Waals surface area contributed by atoms with Gasteiger partial charge in [-0.25, -0.2) is 4.79 Å². The molecule has 3 atom stereocenters. The van der Waals surface area contributed by atoms with Crippen molar-refractivity contribution in [1.29, 1.82) is 0 Å². The number of ether oxygens (including phenoxy) is 2. The summed E-state index contributed by atoms with van der Waals surface area (Å²) in [6.07, 6.45) is 7.88.